The summed E-state index contributed by atoms with van der Waals surface area (Å²) in [6, 6.07) is 2.15. The fourth-order valence-corrected chi connectivity index (χ4v) is 7.43. The van der Waals surface area contributed by atoms with Gasteiger partial charge in [-0.25, -0.2) is 14.4 Å². The van der Waals surface area contributed by atoms with E-state index in [9.17, 15) is 63.3 Å². The number of likely N-dealkylation sites (N-methyl/N-ethyl adjacent to an activating group) is 2. The van der Waals surface area contributed by atoms with Gasteiger partial charge in [-0.15, -0.1) is 0 Å². The molecule has 1 aromatic carbocycles. The highest BCUT2D eigenvalue weighted by molar-refractivity contribution is 6.37. The summed E-state index contributed by atoms with van der Waals surface area (Å²) in [5.41, 5.74) is 6.06. The molecule has 0 aromatic heterocycles. The van der Waals surface area contributed by atoms with Crippen LogP contribution in [0.4, 0.5) is 20.1 Å². The first-order valence-electron chi connectivity index (χ1n) is 22.0. The first kappa shape index (κ1) is 53.0. The number of imide groups is 1. The topological polar surface area (TPSA) is 349 Å². The number of aliphatic hydroxyl groups is 3. The fraction of sp³-hybridized carbons (Fsp3) is 0.619. The summed E-state index contributed by atoms with van der Waals surface area (Å²) in [4.78, 5) is 129. The number of anilines is 1. The van der Waals surface area contributed by atoms with Crippen molar-refractivity contribution in [3.63, 3.8) is 0 Å². The lowest BCUT2D eigenvalue weighted by molar-refractivity contribution is -0.175. The molecule has 3 fully saturated rings. The van der Waals surface area contributed by atoms with E-state index in [0.717, 1.165) is 9.80 Å². The zero-order valence-corrected chi connectivity index (χ0v) is 37.9. The molecule has 370 valence electrons. The Kier molecular flexibility index (Phi) is 19.6. The van der Waals surface area contributed by atoms with E-state index in [-0.39, 0.29) is 82.0 Å². The van der Waals surface area contributed by atoms with Gasteiger partial charge in [0.1, 0.15) is 49.8 Å². The highest BCUT2D eigenvalue weighted by atomic mass is 16.6. The molecule has 0 spiro atoms. The molecule has 25 heteroatoms. The predicted octanol–water partition coefficient (Wildman–Crippen LogP) is -2.21. The van der Waals surface area contributed by atoms with Gasteiger partial charge in [0.2, 0.25) is 29.5 Å². The number of urea groups is 1. The normalized spacial score (nSPS) is 20.9. The number of carbonyl (C=O) groups excluding carboxylic acids is 10. The minimum Gasteiger partial charge on any atom is -0.447 e. The van der Waals surface area contributed by atoms with Gasteiger partial charge in [0.25, 0.3) is 0 Å². The molecule has 25 nitrogen and oxygen atoms in total. The number of piperidine rings is 1. The standard InChI is InChI=1S/C42H62N10O15/c1-23(2)31(47-28(53)10-6-5-7-18-51-29(54)15-16-30(51)55)37(60)46-26(9-8-17-44-40(43)63)36(59)45-25-13-11-24(12-14-25)21-66-41(64)49(3)19-20-50(4)42(65)67-22-27-32(56)33(57)34(58)35-48-38(61)39(62)52(27)35/h11-14,23,26-27,31-35,56-58H,5-10,15-22H2,1-4H3,(H,45,59)(H,46,60)(H,47,53)(H,48,61)(H3,43,44,63)/t26-,27+,31-,32+,33-,34-,35-/m0/s1. The third-order valence-corrected chi connectivity index (χ3v) is 11.4. The van der Waals surface area contributed by atoms with E-state index >= 15 is 0 Å². The van der Waals surface area contributed by atoms with Gasteiger partial charge in [-0.1, -0.05) is 32.4 Å². The number of hydrogen-bond donors (Lipinski definition) is 9. The highest BCUT2D eigenvalue weighted by Gasteiger charge is 2.55. The number of hydrogen-bond acceptors (Lipinski definition) is 15. The molecule has 1 aromatic rings. The fourth-order valence-electron chi connectivity index (χ4n) is 7.43. The Morgan fingerprint density at radius 1 is 0.821 bits per heavy atom. The van der Waals surface area contributed by atoms with Gasteiger partial charge in [-0.3, -0.25) is 38.5 Å². The summed E-state index contributed by atoms with van der Waals surface area (Å²) >= 11 is 0. The van der Waals surface area contributed by atoms with E-state index in [1.165, 1.54) is 23.9 Å². The van der Waals surface area contributed by atoms with Crippen molar-refractivity contribution in [2.75, 3.05) is 52.2 Å². The average molecular weight is 947 g/mol. The molecule has 3 heterocycles. The predicted molar refractivity (Wildman–Crippen MR) is 232 cm³/mol. The van der Waals surface area contributed by atoms with Crippen LogP contribution in [0.2, 0.25) is 0 Å². The number of likely N-dealkylation sites (tertiary alicyclic amines) is 1. The molecule has 3 aliphatic rings. The van der Waals surface area contributed by atoms with E-state index in [2.05, 4.69) is 26.6 Å². The molecule has 10 N–H and O–H groups in total. The van der Waals surface area contributed by atoms with Gasteiger partial charge in [-0.05, 0) is 49.3 Å². The molecule has 0 saturated carbocycles. The lowest BCUT2D eigenvalue weighted by atomic mass is 9.92. The number of unbranched alkanes of at least 4 members (excludes halogenated alkanes) is 2. The third-order valence-electron chi connectivity index (χ3n) is 11.4. The number of nitrogens with one attached hydrogen (secondary N) is 5. The molecule has 4 rings (SSSR count). The van der Waals surface area contributed by atoms with Crippen LogP contribution in [0.15, 0.2) is 24.3 Å². The summed E-state index contributed by atoms with van der Waals surface area (Å²) < 4.78 is 10.6. The molecule has 0 bridgehead atoms. The SMILES string of the molecule is CC(C)[C@H](NC(=O)CCCCCN1C(=O)CCC1=O)C(=O)N[C@@H](CCCNC(N)=O)C(=O)Nc1ccc(COC(=O)N(C)CCN(C)C(=O)OC[C@@H]2[C@@H](O)[C@H](O)[C@H](O)[C@H]3NC(=O)C(=O)N23)cc1. The molecule has 7 atom stereocenters. The zero-order valence-electron chi connectivity index (χ0n) is 37.9. The summed E-state index contributed by atoms with van der Waals surface area (Å²) in [6.45, 7) is 3.09. The first-order valence-corrected chi connectivity index (χ1v) is 22.0. The monoisotopic (exact) mass is 946 g/mol. The lowest BCUT2D eigenvalue weighted by Crippen LogP contribution is -2.68. The highest BCUT2D eigenvalue weighted by Crippen LogP contribution is 2.27. The van der Waals surface area contributed by atoms with E-state index in [1.54, 1.807) is 38.1 Å². The van der Waals surface area contributed by atoms with Crippen LogP contribution in [0.3, 0.4) is 0 Å². The van der Waals surface area contributed by atoms with Gasteiger partial charge in [0.05, 0.1) is 6.04 Å². The van der Waals surface area contributed by atoms with Crippen molar-refractivity contribution in [1.82, 2.24) is 40.9 Å². The van der Waals surface area contributed by atoms with Crippen LogP contribution in [-0.2, 0) is 49.6 Å². The molecule has 3 saturated heterocycles. The van der Waals surface area contributed by atoms with Crippen molar-refractivity contribution in [2.45, 2.75) is 114 Å². The maximum atomic E-state index is 13.5. The van der Waals surface area contributed by atoms with Gasteiger partial charge in [-0.2, -0.15) is 0 Å². The van der Waals surface area contributed by atoms with E-state index in [4.69, 9.17) is 15.2 Å². The van der Waals surface area contributed by atoms with Crippen molar-refractivity contribution < 1.29 is 72.7 Å². The summed E-state index contributed by atoms with van der Waals surface area (Å²) in [5, 5.41) is 43.7. The maximum absolute atomic E-state index is 13.5. The molecule has 0 radical (unpaired) electrons. The van der Waals surface area contributed by atoms with Crippen LogP contribution < -0.4 is 32.3 Å². The van der Waals surface area contributed by atoms with Crippen molar-refractivity contribution in [1.29, 1.82) is 0 Å². The number of amides is 11. The number of aliphatic hydroxyl groups excluding tert-OH is 3. The molecular formula is C42H62N10O15. The second-order valence-electron chi connectivity index (χ2n) is 16.9. The van der Waals surface area contributed by atoms with Crippen LogP contribution in [0.5, 0.6) is 0 Å². The van der Waals surface area contributed by atoms with E-state index in [0.29, 0.717) is 37.1 Å². The number of benzene rings is 1. The van der Waals surface area contributed by atoms with Crippen molar-refractivity contribution >= 4 is 65.3 Å². The maximum Gasteiger partial charge on any atom is 0.409 e. The summed E-state index contributed by atoms with van der Waals surface area (Å²) in [6.07, 6.45) is -5.58. The second-order valence-corrected chi connectivity index (χ2v) is 16.9. The molecule has 0 aliphatic carbocycles. The van der Waals surface area contributed by atoms with Crippen LogP contribution >= 0.6 is 0 Å². The average Bonchev–Trinajstić information content (AvgIpc) is 3.77. The van der Waals surface area contributed by atoms with Crippen LogP contribution in [-0.4, -0.2) is 184 Å². The van der Waals surface area contributed by atoms with E-state index < -0.39 is 91.1 Å². The summed E-state index contributed by atoms with van der Waals surface area (Å²) in [5.74, 6) is -4.42. The van der Waals surface area contributed by atoms with Crippen molar-refractivity contribution in [2.24, 2.45) is 11.7 Å². The Balaban J connectivity index is 1.22. The van der Waals surface area contributed by atoms with Gasteiger partial charge in [0, 0.05) is 65.2 Å². The van der Waals surface area contributed by atoms with Gasteiger partial charge >= 0.3 is 30.0 Å². The first-order chi connectivity index (χ1) is 31.7. The van der Waals surface area contributed by atoms with Crippen molar-refractivity contribution in [3.8, 4) is 0 Å². The largest absolute Gasteiger partial charge is 0.447 e. The Bertz CT molecular complexity index is 1970. The Labute approximate surface area is 386 Å². The lowest BCUT2D eigenvalue weighted by Gasteiger charge is -2.44. The molecule has 3 aliphatic heterocycles. The van der Waals surface area contributed by atoms with Gasteiger partial charge in [0.15, 0.2) is 0 Å². The molecular weight excluding hydrogens is 885 g/mol. The summed E-state index contributed by atoms with van der Waals surface area (Å²) in [7, 11) is 2.80. The third kappa shape index (κ3) is 15.0. The van der Waals surface area contributed by atoms with Crippen LogP contribution in [0, 0.1) is 5.92 Å². The number of fused-ring (bicyclic) bond motifs is 1. The van der Waals surface area contributed by atoms with Crippen molar-refractivity contribution in [3.05, 3.63) is 29.8 Å². The number of primary amides is 1. The Morgan fingerprint density at radius 2 is 1.45 bits per heavy atom. The van der Waals surface area contributed by atoms with E-state index in [1.807, 2.05) is 0 Å². The number of ether oxygens (including phenoxy) is 2. The Morgan fingerprint density at radius 3 is 2.06 bits per heavy atom. The van der Waals surface area contributed by atoms with Crippen LogP contribution in [0.25, 0.3) is 0 Å². The number of nitrogens with zero attached hydrogens (tertiary/aromatic N) is 4. The molecule has 0 unspecified atom stereocenters. The number of rotatable bonds is 23. The number of nitrogens with two attached hydrogens (primary N) is 1. The van der Waals surface area contributed by atoms with Gasteiger partial charge < -0.3 is 71.8 Å². The number of carbonyl (C=O) groups is 10. The molecule has 67 heavy (non-hydrogen) atoms. The second kappa shape index (κ2) is 24.8. The quantitative estimate of drug-likeness (QED) is 0.0319. The zero-order chi connectivity index (χ0) is 49.5. The van der Waals surface area contributed by atoms with Crippen LogP contribution in [0.1, 0.15) is 70.8 Å². The minimum absolute atomic E-state index is 0.00717. The smallest absolute Gasteiger partial charge is 0.409 e. The Hall–Kier alpha value is -6.60. The minimum atomic E-state index is -1.74. The molecule has 11 amide bonds.